The topological polar surface area (TPSA) is 231 Å². The minimum atomic E-state index is -2.06. The highest BCUT2D eigenvalue weighted by atomic mass is 16.6. The van der Waals surface area contributed by atoms with Crippen molar-refractivity contribution in [2.75, 3.05) is 0 Å². The van der Waals surface area contributed by atoms with Crippen molar-refractivity contribution in [3.63, 3.8) is 0 Å². The van der Waals surface area contributed by atoms with Crippen LogP contribution in [-0.2, 0) is 47.6 Å². The highest BCUT2D eigenvalue weighted by Crippen LogP contribution is 2.66. The lowest BCUT2D eigenvalue weighted by Gasteiger charge is -2.56. The number of ether oxygens (including phenoxy) is 6. The zero-order valence-corrected chi connectivity index (χ0v) is 37.3. The van der Waals surface area contributed by atoms with Crippen molar-refractivity contribution in [1.82, 2.24) is 5.32 Å². The Kier molecular flexibility index (Phi) is 14.0. The van der Waals surface area contributed by atoms with Crippen LogP contribution in [0.25, 0.3) is 0 Å². The number of aliphatic hydroxyl groups is 3. The Labute approximate surface area is 366 Å². The average molecular weight is 878 g/mol. The summed E-state index contributed by atoms with van der Waals surface area (Å²) in [7, 11) is 0. The molecule has 5 rings (SSSR count). The zero-order valence-electron chi connectivity index (χ0n) is 37.3. The van der Waals surface area contributed by atoms with Crippen LogP contribution in [0.4, 0.5) is 4.79 Å². The number of carbonyl (C=O) groups excluding carboxylic acids is 6. The van der Waals surface area contributed by atoms with Crippen LogP contribution in [-0.4, -0.2) is 105 Å². The summed E-state index contributed by atoms with van der Waals surface area (Å²) < 4.78 is 36.3. The van der Waals surface area contributed by atoms with Gasteiger partial charge in [-0.15, -0.1) is 0 Å². The van der Waals surface area contributed by atoms with Gasteiger partial charge in [-0.25, -0.2) is 14.4 Å². The summed E-state index contributed by atoms with van der Waals surface area (Å²) in [5.74, 6) is -6.04. The van der Waals surface area contributed by atoms with E-state index in [1.807, 2.05) is 0 Å². The van der Waals surface area contributed by atoms with Gasteiger partial charge in [0.05, 0.1) is 34.1 Å². The van der Waals surface area contributed by atoms with Crippen molar-refractivity contribution < 1.29 is 72.5 Å². The summed E-state index contributed by atoms with van der Waals surface area (Å²) in [4.78, 5) is 81.2. The third-order valence-corrected chi connectivity index (χ3v) is 12.4. The summed E-state index contributed by atoms with van der Waals surface area (Å²) in [6.45, 7) is 18.7. The SMILES string of the molecule is C=C1[C@@H](OC(=O)[C@@H](O)[C@H](NC(=O)OC(C)(C)C)c2ccccc2)C[C@H](OC(C)=O)[C@@]2(C)[C@@H](OC(C)=O)[C@H](OC(=O)c3ccccc3)C3=C(C)[C@@H](O)C[C@@]3(C(C)(C)O)[C@@H](OC(C)=O)[C@H]12. The van der Waals surface area contributed by atoms with Crippen molar-refractivity contribution in [2.45, 2.75) is 142 Å². The summed E-state index contributed by atoms with van der Waals surface area (Å²) in [6, 6.07) is 14.7. The molecule has 3 aliphatic carbocycles. The zero-order chi connectivity index (χ0) is 47.0. The van der Waals surface area contributed by atoms with Gasteiger partial charge < -0.3 is 49.1 Å². The van der Waals surface area contributed by atoms with Gasteiger partial charge in [0.2, 0.25) is 0 Å². The number of hydrogen-bond acceptors (Lipinski definition) is 15. The van der Waals surface area contributed by atoms with E-state index in [1.54, 1.807) is 83.1 Å². The van der Waals surface area contributed by atoms with E-state index in [9.17, 15) is 44.1 Å². The molecule has 2 aromatic carbocycles. The quantitative estimate of drug-likeness (QED) is 0.133. The Bertz CT molecular complexity index is 2120. The van der Waals surface area contributed by atoms with Gasteiger partial charge >= 0.3 is 35.9 Å². The van der Waals surface area contributed by atoms with E-state index >= 15 is 0 Å². The Balaban J connectivity index is 1.74. The van der Waals surface area contributed by atoms with Gasteiger partial charge in [0.15, 0.2) is 18.3 Å². The maximum atomic E-state index is 14.2. The first-order chi connectivity index (χ1) is 29.2. The lowest BCUT2D eigenvalue weighted by atomic mass is 9.54. The second-order valence-electron chi connectivity index (χ2n) is 18.3. The van der Waals surface area contributed by atoms with Gasteiger partial charge in [-0.2, -0.15) is 0 Å². The molecular formula is C47H59NO15. The van der Waals surface area contributed by atoms with E-state index in [1.165, 1.54) is 26.0 Å². The van der Waals surface area contributed by atoms with Crippen molar-refractivity contribution >= 4 is 35.9 Å². The molecule has 0 aliphatic heterocycles. The van der Waals surface area contributed by atoms with Crippen LogP contribution >= 0.6 is 0 Å². The molecule has 11 atom stereocenters. The Morgan fingerprint density at radius 1 is 0.810 bits per heavy atom. The second-order valence-corrected chi connectivity index (χ2v) is 18.3. The molecule has 0 radical (unpaired) electrons. The number of esters is 5. The lowest BCUT2D eigenvalue weighted by Crippen LogP contribution is -2.64. The average Bonchev–Trinajstić information content (AvgIpc) is 3.42. The minimum absolute atomic E-state index is 0.0123. The highest BCUT2D eigenvalue weighted by Gasteiger charge is 2.74. The predicted octanol–water partition coefficient (Wildman–Crippen LogP) is 4.98. The number of nitrogens with one attached hydrogen (secondary N) is 1. The summed E-state index contributed by atoms with van der Waals surface area (Å²) in [5.41, 5.74) is -5.77. The first-order valence-electron chi connectivity index (χ1n) is 20.8. The second kappa shape index (κ2) is 18.3. The van der Waals surface area contributed by atoms with E-state index in [0.29, 0.717) is 5.56 Å². The maximum absolute atomic E-state index is 14.2. The number of aliphatic hydroxyl groups excluding tert-OH is 2. The first-order valence-corrected chi connectivity index (χ1v) is 20.8. The van der Waals surface area contributed by atoms with Crippen LogP contribution in [0.1, 0.15) is 104 Å². The number of rotatable bonds is 11. The number of fused-ring (bicyclic) bond motifs is 2. The molecule has 0 spiro atoms. The van der Waals surface area contributed by atoms with Gasteiger partial charge in [-0.3, -0.25) is 14.4 Å². The Morgan fingerprint density at radius 3 is 1.87 bits per heavy atom. The normalized spacial score (nSPS) is 29.1. The fraction of sp³-hybridized carbons (Fsp3) is 0.532. The Morgan fingerprint density at radius 2 is 1.35 bits per heavy atom. The largest absolute Gasteiger partial charge is 0.462 e. The van der Waals surface area contributed by atoms with E-state index in [-0.39, 0.29) is 35.1 Å². The maximum Gasteiger partial charge on any atom is 0.408 e. The van der Waals surface area contributed by atoms with Crippen molar-refractivity contribution in [3.8, 4) is 0 Å². The molecule has 2 saturated carbocycles. The fourth-order valence-electron chi connectivity index (χ4n) is 9.70. The molecule has 16 heteroatoms. The van der Waals surface area contributed by atoms with Crippen LogP contribution in [0.3, 0.4) is 0 Å². The molecule has 4 N–H and O–H groups in total. The van der Waals surface area contributed by atoms with Gasteiger partial charge in [0, 0.05) is 33.1 Å². The van der Waals surface area contributed by atoms with Gasteiger partial charge in [-0.1, -0.05) is 62.0 Å². The molecule has 2 fully saturated rings. The van der Waals surface area contributed by atoms with Crippen molar-refractivity contribution in [3.05, 3.63) is 95.1 Å². The molecule has 0 saturated heterocycles. The van der Waals surface area contributed by atoms with Gasteiger partial charge in [0.25, 0.3) is 0 Å². The van der Waals surface area contributed by atoms with Crippen LogP contribution in [0.5, 0.6) is 0 Å². The minimum Gasteiger partial charge on any atom is -0.462 e. The molecule has 1 amide bonds. The first kappa shape index (κ1) is 48.5. The number of hydrogen-bond donors (Lipinski definition) is 4. The fourth-order valence-corrected chi connectivity index (χ4v) is 9.70. The molecule has 342 valence electrons. The molecule has 0 unspecified atom stereocenters. The molecular weight excluding hydrogens is 819 g/mol. The Hall–Kier alpha value is -5.58. The van der Waals surface area contributed by atoms with E-state index in [4.69, 9.17) is 28.4 Å². The van der Waals surface area contributed by atoms with Gasteiger partial charge in [-0.05, 0) is 82.4 Å². The molecule has 63 heavy (non-hydrogen) atoms. The van der Waals surface area contributed by atoms with Crippen LogP contribution in [0.2, 0.25) is 0 Å². The van der Waals surface area contributed by atoms with E-state index in [2.05, 4.69) is 11.9 Å². The molecule has 0 aromatic heterocycles. The third-order valence-electron chi connectivity index (χ3n) is 12.4. The number of amides is 1. The molecule has 0 heterocycles. The summed E-state index contributed by atoms with van der Waals surface area (Å²) in [5, 5.41) is 38.5. The number of carbonyl (C=O) groups is 6. The lowest BCUT2D eigenvalue weighted by molar-refractivity contribution is -0.217. The highest BCUT2D eigenvalue weighted by molar-refractivity contribution is 5.89. The third kappa shape index (κ3) is 9.67. The van der Waals surface area contributed by atoms with Crippen LogP contribution in [0.15, 0.2) is 84.0 Å². The summed E-state index contributed by atoms with van der Waals surface area (Å²) >= 11 is 0. The van der Waals surface area contributed by atoms with Crippen molar-refractivity contribution in [2.24, 2.45) is 16.7 Å². The summed E-state index contributed by atoms with van der Waals surface area (Å²) in [6.07, 6.45) is -12.7. The molecule has 3 aliphatic rings. The predicted molar refractivity (Wildman–Crippen MR) is 224 cm³/mol. The van der Waals surface area contributed by atoms with Crippen LogP contribution < -0.4 is 5.32 Å². The number of alkyl carbamates (subject to hydrolysis) is 1. The smallest absolute Gasteiger partial charge is 0.408 e. The van der Waals surface area contributed by atoms with Crippen LogP contribution in [0, 0.1) is 16.7 Å². The van der Waals surface area contributed by atoms with E-state index < -0.39 is 113 Å². The van der Waals surface area contributed by atoms with E-state index in [0.717, 1.165) is 20.8 Å². The monoisotopic (exact) mass is 877 g/mol. The number of benzene rings is 2. The molecule has 16 nitrogen and oxygen atoms in total. The van der Waals surface area contributed by atoms with Crippen molar-refractivity contribution in [1.29, 1.82) is 0 Å². The molecule has 0 bridgehead atoms. The molecule has 2 aromatic rings. The standard InChI is InChI=1S/C47H59NO15/c1-24-31(52)23-47(45(9,10)57)34(24)38(62-41(54)30-20-16-13-17-21-30)40(60-28(5)51)46(11)33(58-26(3)49)22-32(25(2)35(46)39(47)59-27(4)50)61-42(55)37(53)36(29-18-14-12-15-19-29)48-43(56)63-44(6,7)8/h12-21,31-33,35-40,52-53,57H,2,22-23H2,1,3-11H3,(H,48,56)/t31-,32-,33-,35-,36+,37-,38+,39-,40-,46+,47-/m0/s1. The van der Waals surface area contributed by atoms with Gasteiger partial charge in [0.1, 0.15) is 23.9 Å².